The normalized spacial score (nSPS) is 19.0. The average Bonchev–Trinajstić information content (AvgIpc) is 3.17. The lowest BCUT2D eigenvalue weighted by atomic mass is 10.0. The Morgan fingerprint density at radius 3 is 2.85 bits per heavy atom. The molecular weight excluding hydrogens is 354 g/mol. The number of hydrogen-bond acceptors (Lipinski definition) is 4. The van der Waals surface area contributed by atoms with Crippen molar-refractivity contribution in [3.8, 4) is 22.6 Å². The lowest BCUT2D eigenvalue weighted by Crippen LogP contribution is -2.47. The maximum absolute atomic E-state index is 13.0. The summed E-state index contributed by atoms with van der Waals surface area (Å²) in [7, 11) is 1.95. The summed E-state index contributed by atoms with van der Waals surface area (Å²) in [5.41, 5.74) is 2.55. The summed E-state index contributed by atoms with van der Waals surface area (Å²) in [5, 5.41) is 3.28. The Morgan fingerprint density at radius 2 is 2.04 bits per heavy atom. The molecule has 3 heterocycles. The van der Waals surface area contributed by atoms with Crippen LogP contribution in [0.1, 0.15) is 23.2 Å². The quantitative estimate of drug-likeness (QED) is 0.863. The van der Waals surface area contributed by atoms with Gasteiger partial charge in [0.15, 0.2) is 11.5 Å². The van der Waals surface area contributed by atoms with Gasteiger partial charge in [0.2, 0.25) is 0 Å². The molecule has 6 nitrogen and oxygen atoms in total. The molecule has 4 rings (SSSR count). The van der Waals surface area contributed by atoms with Crippen LogP contribution in [0.4, 0.5) is 0 Å². The van der Waals surface area contributed by atoms with Crippen LogP contribution in [-0.4, -0.2) is 55.2 Å². The van der Waals surface area contributed by atoms with Crippen molar-refractivity contribution >= 4 is 18.3 Å². The van der Waals surface area contributed by atoms with Crippen LogP contribution < -0.4 is 14.8 Å². The number of rotatable bonds is 3. The number of aromatic nitrogens is 1. The Bertz CT molecular complexity index is 777. The Hall–Kier alpha value is -2.18. The van der Waals surface area contributed by atoms with Gasteiger partial charge in [-0.3, -0.25) is 4.79 Å². The number of amides is 1. The van der Waals surface area contributed by atoms with Gasteiger partial charge in [0.05, 0.1) is 5.56 Å². The molecule has 1 aromatic heterocycles. The number of likely N-dealkylation sites (tertiary alicyclic amines) is 1. The predicted octanol–water partition coefficient (Wildman–Crippen LogP) is 2.70. The molecule has 26 heavy (non-hydrogen) atoms. The number of nitrogens with one attached hydrogen (secondary N) is 2. The van der Waals surface area contributed by atoms with Gasteiger partial charge in [-0.05, 0) is 37.6 Å². The maximum atomic E-state index is 13.0. The van der Waals surface area contributed by atoms with Gasteiger partial charge >= 0.3 is 0 Å². The number of ether oxygens (including phenoxy) is 2. The number of benzene rings is 1. The van der Waals surface area contributed by atoms with E-state index in [1.807, 2.05) is 36.3 Å². The molecule has 1 aromatic carbocycles. The molecule has 0 bridgehead atoms. The van der Waals surface area contributed by atoms with Crippen LogP contribution in [0.2, 0.25) is 0 Å². The highest BCUT2D eigenvalue weighted by Crippen LogP contribution is 2.36. The van der Waals surface area contributed by atoms with Gasteiger partial charge in [0, 0.05) is 37.1 Å². The second kappa shape index (κ2) is 8.01. The van der Waals surface area contributed by atoms with Gasteiger partial charge in [-0.25, -0.2) is 0 Å². The van der Waals surface area contributed by atoms with Crippen LogP contribution in [0.3, 0.4) is 0 Å². The van der Waals surface area contributed by atoms with Gasteiger partial charge in [-0.1, -0.05) is 6.07 Å². The van der Waals surface area contributed by atoms with Crippen LogP contribution in [0.15, 0.2) is 30.6 Å². The molecule has 0 spiro atoms. The first-order valence-corrected chi connectivity index (χ1v) is 8.79. The van der Waals surface area contributed by atoms with Crippen molar-refractivity contribution in [2.24, 2.45) is 0 Å². The van der Waals surface area contributed by atoms with Crippen molar-refractivity contribution in [1.29, 1.82) is 0 Å². The van der Waals surface area contributed by atoms with Crippen molar-refractivity contribution in [1.82, 2.24) is 15.2 Å². The first-order valence-electron chi connectivity index (χ1n) is 8.79. The number of nitrogens with zero attached hydrogens (tertiary/aromatic N) is 1. The molecule has 1 saturated heterocycles. The molecule has 1 unspecified atom stereocenters. The van der Waals surface area contributed by atoms with E-state index < -0.39 is 0 Å². The van der Waals surface area contributed by atoms with E-state index in [0.29, 0.717) is 24.8 Å². The average molecular weight is 378 g/mol. The Morgan fingerprint density at radius 1 is 1.23 bits per heavy atom. The Kier molecular flexibility index (Phi) is 5.74. The molecule has 1 fully saturated rings. The van der Waals surface area contributed by atoms with Crippen LogP contribution in [0, 0.1) is 0 Å². The fraction of sp³-hybridized carbons (Fsp3) is 0.421. The number of halogens is 1. The van der Waals surface area contributed by atoms with Crippen LogP contribution >= 0.6 is 12.4 Å². The van der Waals surface area contributed by atoms with Crippen molar-refractivity contribution in [2.75, 3.05) is 33.4 Å². The highest BCUT2D eigenvalue weighted by atomic mass is 35.5. The zero-order chi connectivity index (χ0) is 17.2. The first kappa shape index (κ1) is 18.6. The highest BCUT2D eigenvalue weighted by molar-refractivity contribution is 6.01. The number of aromatic amines is 1. The lowest BCUT2D eigenvalue weighted by Gasteiger charge is -2.32. The molecule has 2 aliphatic rings. The summed E-state index contributed by atoms with van der Waals surface area (Å²) in [5.74, 6) is 1.56. The molecule has 2 aliphatic heterocycles. The van der Waals surface area contributed by atoms with Crippen molar-refractivity contribution in [3.05, 3.63) is 36.2 Å². The minimum Gasteiger partial charge on any atom is -0.486 e. The largest absolute Gasteiger partial charge is 0.486 e. The molecule has 140 valence electrons. The molecule has 1 amide bonds. The van der Waals surface area contributed by atoms with E-state index in [4.69, 9.17) is 9.47 Å². The predicted molar refractivity (Wildman–Crippen MR) is 102 cm³/mol. The first-order chi connectivity index (χ1) is 12.3. The summed E-state index contributed by atoms with van der Waals surface area (Å²) in [6, 6.07) is 6.19. The maximum Gasteiger partial charge on any atom is 0.256 e. The van der Waals surface area contributed by atoms with Crippen molar-refractivity contribution < 1.29 is 14.3 Å². The van der Waals surface area contributed by atoms with E-state index in [1.54, 1.807) is 6.20 Å². The smallest absolute Gasteiger partial charge is 0.256 e. The highest BCUT2D eigenvalue weighted by Gasteiger charge is 2.26. The third-order valence-corrected chi connectivity index (χ3v) is 4.95. The van der Waals surface area contributed by atoms with Crippen LogP contribution in [0.25, 0.3) is 11.1 Å². The minimum atomic E-state index is 0. The SMILES string of the molecule is CNC1CCCN(C(=O)c2c[nH]cc2-c2ccc3c(c2)OCCO3)C1.Cl. The van der Waals surface area contributed by atoms with E-state index in [2.05, 4.69) is 10.3 Å². The number of piperidine rings is 1. The van der Waals surface area contributed by atoms with Crippen molar-refractivity contribution in [2.45, 2.75) is 18.9 Å². The Balaban J connectivity index is 0.00000196. The van der Waals surface area contributed by atoms with Crippen molar-refractivity contribution in [3.63, 3.8) is 0 Å². The number of carbonyl (C=O) groups excluding carboxylic acids is 1. The third-order valence-electron chi connectivity index (χ3n) is 4.95. The lowest BCUT2D eigenvalue weighted by molar-refractivity contribution is 0.0699. The topological polar surface area (TPSA) is 66.6 Å². The zero-order valence-electron chi connectivity index (χ0n) is 14.8. The monoisotopic (exact) mass is 377 g/mol. The van der Waals surface area contributed by atoms with E-state index in [9.17, 15) is 4.79 Å². The molecule has 2 N–H and O–H groups in total. The number of H-pyrrole nitrogens is 1. The fourth-order valence-electron chi connectivity index (χ4n) is 3.56. The number of carbonyl (C=O) groups is 1. The molecule has 2 aromatic rings. The van der Waals surface area contributed by atoms with Gasteiger partial charge < -0.3 is 24.7 Å². The fourth-order valence-corrected chi connectivity index (χ4v) is 3.56. The van der Waals surface area contributed by atoms with E-state index >= 15 is 0 Å². The molecule has 0 saturated carbocycles. The van der Waals surface area contributed by atoms with Crippen LogP contribution in [-0.2, 0) is 0 Å². The minimum absolute atomic E-state index is 0. The summed E-state index contributed by atoms with van der Waals surface area (Å²) in [6.45, 7) is 2.68. The standard InChI is InChI=1S/C19H23N3O3.ClH/c1-20-14-3-2-6-22(12-14)19(23)16-11-21-10-15(16)13-4-5-17-18(9-13)25-8-7-24-17;/h4-5,9-11,14,20-21H,2-3,6-8,12H2,1H3;1H. The summed E-state index contributed by atoms with van der Waals surface area (Å²) in [4.78, 5) is 18.1. The molecule has 0 aliphatic carbocycles. The van der Waals surface area contributed by atoms with E-state index in [-0.39, 0.29) is 18.3 Å². The van der Waals surface area contributed by atoms with Gasteiger partial charge in [-0.15, -0.1) is 12.4 Å². The van der Waals surface area contributed by atoms with Gasteiger partial charge in [0.25, 0.3) is 5.91 Å². The van der Waals surface area contributed by atoms with Gasteiger partial charge in [0.1, 0.15) is 13.2 Å². The zero-order valence-corrected chi connectivity index (χ0v) is 15.6. The summed E-state index contributed by atoms with van der Waals surface area (Å²) in [6.07, 6.45) is 5.80. The molecule has 0 radical (unpaired) electrons. The number of fused-ring (bicyclic) bond motifs is 1. The molecular formula is C19H24ClN3O3. The van der Waals surface area contributed by atoms with Gasteiger partial charge in [-0.2, -0.15) is 0 Å². The molecule has 7 heteroatoms. The Labute approximate surface area is 159 Å². The summed E-state index contributed by atoms with van der Waals surface area (Å²) >= 11 is 0. The van der Waals surface area contributed by atoms with E-state index in [0.717, 1.165) is 48.6 Å². The second-order valence-corrected chi connectivity index (χ2v) is 6.52. The third kappa shape index (κ3) is 3.52. The number of hydrogen-bond donors (Lipinski definition) is 2. The number of likely N-dealkylation sites (N-methyl/N-ethyl adjacent to an activating group) is 1. The molecule has 1 atom stereocenters. The summed E-state index contributed by atoms with van der Waals surface area (Å²) < 4.78 is 11.2. The second-order valence-electron chi connectivity index (χ2n) is 6.52. The van der Waals surface area contributed by atoms with Crippen LogP contribution in [0.5, 0.6) is 11.5 Å². The van der Waals surface area contributed by atoms with E-state index in [1.165, 1.54) is 0 Å².